The minimum atomic E-state index is -0.596. The fourth-order valence-corrected chi connectivity index (χ4v) is 5.92. The van der Waals surface area contributed by atoms with Crippen molar-refractivity contribution in [3.8, 4) is 5.75 Å². The van der Waals surface area contributed by atoms with Gasteiger partial charge in [0.25, 0.3) is 0 Å². The maximum atomic E-state index is 13.7. The predicted octanol–water partition coefficient (Wildman–Crippen LogP) is 6.15. The van der Waals surface area contributed by atoms with Crippen LogP contribution >= 0.6 is 0 Å². The zero-order chi connectivity index (χ0) is 24.4. The van der Waals surface area contributed by atoms with Crippen LogP contribution in [0, 0.1) is 5.92 Å². The number of carbonyl (C=O) groups excluding carboxylic acids is 2. The fourth-order valence-electron chi connectivity index (χ4n) is 5.92. The number of rotatable bonds is 5. The summed E-state index contributed by atoms with van der Waals surface area (Å²) in [6, 6.07) is 17.9. The van der Waals surface area contributed by atoms with Gasteiger partial charge in [0.05, 0.1) is 7.11 Å². The van der Waals surface area contributed by atoms with Gasteiger partial charge in [-0.15, -0.1) is 0 Å². The van der Waals surface area contributed by atoms with E-state index in [9.17, 15) is 9.59 Å². The van der Waals surface area contributed by atoms with Gasteiger partial charge in [-0.05, 0) is 68.2 Å². The molecule has 2 aliphatic carbocycles. The first-order valence-electron chi connectivity index (χ1n) is 12.8. The molecule has 2 aromatic rings. The lowest BCUT2D eigenvalue weighted by Crippen LogP contribution is -2.39. The Labute approximate surface area is 207 Å². The number of carbonyl (C=O) groups is 2. The van der Waals surface area contributed by atoms with E-state index in [1.807, 2.05) is 49.4 Å². The third-order valence-electron chi connectivity index (χ3n) is 7.72. The Bertz CT molecular complexity index is 1140. The van der Waals surface area contributed by atoms with Crippen molar-refractivity contribution in [2.45, 2.75) is 69.8 Å². The van der Waals surface area contributed by atoms with Gasteiger partial charge in [0.1, 0.15) is 17.8 Å². The lowest BCUT2D eigenvalue weighted by Gasteiger charge is -2.37. The average molecular weight is 472 g/mol. The van der Waals surface area contributed by atoms with E-state index in [1.54, 1.807) is 7.11 Å². The standard InChI is InChI=1S/C30H33NO4/c1-19-27(30(33)35-24-11-7-4-8-12-24)28(21-13-15-23(34-2)16-14-21)29-25(31-19)17-22(18-26(29)32)20-9-5-3-6-10-20/h3,5-6,9-10,13-16,22,24,27-28H,4,7-8,11-12,17-18H2,1-2H3/t22-,27?,28+/m0/s1. The SMILES string of the molecule is COc1ccc([C@H]2C3=C(C[C@H](c4ccccc4)CC3=O)N=C(C)C2C(=O)OC2CCCCC2)cc1. The molecule has 35 heavy (non-hydrogen) atoms. The molecule has 0 spiro atoms. The Hall–Kier alpha value is -3.21. The van der Waals surface area contributed by atoms with Crippen molar-refractivity contribution < 1.29 is 19.1 Å². The highest BCUT2D eigenvalue weighted by Crippen LogP contribution is 2.47. The van der Waals surface area contributed by atoms with Crippen LogP contribution in [-0.4, -0.2) is 30.7 Å². The van der Waals surface area contributed by atoms with Crippen molar-refractivity contribution in [1.82, 2.24) is 0 Å². The van der Waals surface area contributed by atoms with E-state index in [0.29, 0.717) is 18.4 Å². The molecule has 1 aliphatic heterocycles. The van der Waals surface area contributed by atoms with Gasteiger partial charge in [-0.1, -0.05) is 48.9 Å². The fraction of sp³-hybridized carbons (Fsp3) is 0.433. The quantitative estimate of drug-likeness (QED) is 0.491. The number of nitrogens with zero attached hydrogens (tertiary/aromatic N) is 1. The number of hydrogen-bond acceptors (Lipinski definition) is 5. The summed E-state index contributed by atoms with van der Waals surface area (Å²) in [4.78, 5) is 32.2. The Morgan fingerprint density at radius 3 is 2.31 bits per heavy atom. The molecule has 182 valence electrons. The summed E-state index contributed by atoms with van der Waals surface area (Å²) in [5.74, 6) is -0.336. The van der Waals surface area contributed by atoms with Crippen LogP contribution in [0.5, 0.6) is 5.75 Å². The second kappa shape index (κ2) is 10.2. The van der Waals surface area contributed by atoms with Crippen LogP contribution in [0.2, 0.25) is 0 Å². The second-order valence-electron chi connectivity index (χ2n) is 9.98. The zero-order valence-corrected chi connectivity index (χ0v) is 20.5. The number of allylic oxidation sites excluding steroid dienone is 2. The Balaban J connectivity index is 1.52. The molecule has 3 aliphatic rings. The topological polar surface area (TPSA) is 65.0 Å². The molecule has 1 fully saturated rings. The number of ketones is 1. The third-order valence-corrected chi connectivity index (χ3v) is 7.72. The Kier molecular flexibility index (Phi) is 6.85. The van der Waals surface area contributed by atoms with Crippen molar-refractivity contribution in [2.24, 2.45) is 10.9 Å². The van der Waals surface area contributed by atoms with E-state index in [-0.39, 0.29) is 23.8 Å². The van der Waals surface area contributed by atoms with Gasteiger partial charge >= 0.3 is 5.97 Å². The summed E-state index contributed by atoms with van der Waals surface area (Å²) in [6.07, 6.45) is 6.27. The maximum Gasteiger partial charge on any atom is 0.315 e. The van der Waals surface area contributed by atoms with Gasteiger partial charge in [0, 0.05) is 29.3 Å². The molecule has 1 heterocycles. The number of ether oxygens (including phenoxy) is 2. The van der Waals surface area contributed by atoms with Crippen LogP contribution in [0.15, 0.2) is 70.9 Å². The summed E-state index contributed by atoms with van der Waals surface area (Å²) in [5.41, 5.74) is 4.30. The van der Waals surface area contributed by atoms with Crippen molar-refractivity contribution in [2.75, 3.05) is 7.11 Å². The molecule has 0 N–H and O–H groups in total. The summed E-state index contributed by atoms with van der Waals surface area (Å²) in [6.45, 7) is 1.91. The average Bonchev–Trinajstić information content (AvgIpc) is 2.89. The van der Waals surface area contributed by atoms with E-state index < -0.39 is 11.8 Å². The molecule has 3 atom stereocenters. The first kappa shape index (κ1) is 23.5. The molecule has 0 bridgehead atoms. The lowest BCUT2D eigenvalue weighted by atomic mass is 9.69. The van der Waals surface area contributed by atoms with E-state index in [4.69, 9.17) is 14.5 Å². The van der Waals surface area contributed by atoms with Crippen LogP contribution in [0.1, 0.15) is 74.8 Å². The minimum absolute atomic E-state index is 0.0412. The highest BCUT2D eigenvalue weighted by Gasteiger charge is 2.45. The summed E-state index contributed by atoms with van der Waals surface area (Å²) in [5, 5.41) is 0. The van der Waals surface area contributed by atoms with Crippen LogP contribution in [-0.2, 0) is 14.3 Å². The number of benzene rings is 2. The van der Waals surface area contributed by atoms with Crippen molar-refractivity contribution in [1.29, 1.82) is 0 Å². The van der Waals surface area contributed by atoms with Crippen molar-refractivity contribution in [3.05, 3.63) is 77.0 Å². The molecule has 2 aromatic carbocycles. The molecule has 0 saturated heterocycles. The zero-order valence-electron chi connectivity index (χ0n) is 20.5. The molecule has 1 saturated carbocycles. The summed E-state index contributed by atoms with van der Waals surface area (Å²) >= 11 is 0. The number of hydrogen-bond donors (Lipinski definition) is 0. The molecule has 0 amide bonds. The van der Waals surface area contributed by atoms with Crippen LogP contribution in [0.4, 0.5) is 0 Å². The smallest absolute Gasteiger partial charge is 0.315 e. The van der Waals surface area contributed by atoms with Gasteiger partial charge < -0.3 is 9.47 Å². The molecular weight excluding hydrogens is 438 g/mol. The molecule has 5 rings (SSSR count). The van der Waals surface area contributed by atoms with E-state index >= 15 is 0 Å². The maximum absolute atomic E-state index is 13.7. The van der Waals surface area contributed by atoms with E-state index in [0.717, 1.165) is 54.0 Å². The lowest BCUT2D eigenvalue weighted by molar-refractivity contribution is -0.153. The Morgan fingerprint density at radius 2 is 1.63 bits per heavy atom. The third kappa shape index (κ3) is 4.82. The molecule has 1 unspecified atom stereocenters. The van der Waals surface area contributed by atoms with Crippen molar-refractivity contribution in [3.63, 3.8) is 0 Å². The summed E-state index contributed by atoms with van der Waals surface area (Å²) in [7, 11) is 1.63. The highest BCUT2D eigenvalue weighted by atomic mass is 16.5. The predicted molar refractivity (Wildman–Crippen MR) is 136 cm³/mol. The largest absolute Gasteiger partial charge is 0.497 e. The minimum Gasteiger partial charge on any atom is -0.497 e. The van der Waals surface area contributed by atoms with E-state index in [2.05, 4.69) is 12.1 Å². The molecule has 5 heteroatoms. The normalized spacial score (nSPS) is 25.0. The summed E-state index contributed by atoms with van der Waals surface area (Å²) < 4.78 is 11.4. The van der Waals surface area contributed by atoms with Gasteiger partial charge in [0.2, 0.25) is 0 Å². The molecular formula is C30H33NO4. The number of Topliss-reactive ketones (excluding diaryl/α,β-unsaturated/α-hetero) is 1. The van der Waals surface area contributed by atoms with Crippen LogP contribution < -0.4 is 4.74 Å². The van der Waals surface area contributed by atoms with Gasteiger partial charge in [-0.25, -0.2) is 0 Å². The van der Waals surface area contributed by atoms with Gasteiger partial charge in [-0.3, -0.25) is 14.6 Å². The van der Waals surface area contributed by atoms with Gasteiger partial charge in [0.15, 0.2) is 5.78 Å². The number of aliphatic imine (C=N–C) groups is 1. The molecule has 5 nitrogen and oxygen atoms in total. The monoisotopic (exact) mass is 471 g/mol. The first-order valence-corrected chi connectivity index (χ1v) is 12.8. The highest BCUT2D eigenvalue weighted by molar-refractivity contribution is 6.09. The Morgan fingerprint density at radius 1 is 0.914 bits per heavy atom. The second-order valence-corrected chi connectivity index (χ2v) is 9.98. The number of esters is 1. The molecule has 0 aromatic heterocycles. The first-order chi connectivity index (χ1) is 17.0. The van der Waals surface area contributed by atoms with Gasteiger partial charge in [-0.2, -0.15) is 0 Å². The van der Waals surface area contributed by atoms with E-state index in [1.165, 1.54) is 6.42 Å². The van der Waals surface area contributed by atoms with Crippen LogP contribution in [0.3, 0.4) is 0 Å². The van der Waals surface area contributed by atoms with Crippen molar-refractivity contribution >= 4 is 17.5 Å². The molecule has 0 radical (unpaired) electrons. The number of methoxy groups -OCH3 is 1. The van der Waals surface area contributed by atoms with Crippen LogP contribution in [0.25, 0.3) is 0 Å².